The second-order valence-electron chi connectivity index (χ2n) is 3.36. The molecule has 0 amide bonds. The van der Waals surface area contributed by atoms with Crippen molar-refractivity contribution in [2.75, 3.05) is 0 Å². The Bertz CT molecular complexity index is 554. The third-order valence-corrected chi connectivity index (χ3v) is 3.38. The second kappa shape index (κ2) is 4.65. The van der Waals surface area contributed by atoms with E-state index in [9.17, 15) is 0 Å². The fourth-order valence-corrected chi connectivity index (χ4v) is 2.58. The topological polar surface area (TPSA) is 36.7 Å². The summed E-state index contributed by atoms with van der Waals surface area (Å²) in [5.74, 6) is 0. The van der Waals surface area contributed by atoms with Crippen molar-refractivity contribution in [1.82, 2.24) is 4.98 Å². The molecule has 0 aliphatic carbocycles. The van der Waals surface area contributed by atoms with Gasteiger partial charge in [0.2, 0.25) is 0 Å². The third kappa shape index (κ3) is 2.24. The van der Waals surface area contributed by atoms with Crippen LogP contribution in [0.4, 0.5) is 0 Å². The number of halogens is 1. The van der Waals surface area contributed by atoms with Crippen LogP contribution in [0.3, 0.4) is 0 Å². The summed E-state index contributed by atoms with van der Waals surface area (Å²) in [4.78, 5) is 5.57. The van der Waals surface area contributed by atoms with E-state index in [0.29, 0.717) is 11.4 Å². The van der Waals surface area contributed by atoms with Gasteiger partial charge in [-0.25, -0.2) is 4.98 Å². The van der Waals surface area contributed by atoms with Crippen molar-refractivity contribution in [3.63, 3.8) is 0 Å². The SMILES string of the molecule is Cc1sc(CC#N)nc1-c1cccc(Cl)c1. The van der Waals surface area contributed by atoms with Crippen molar-refractivity contribution in [3.8, 4) is 17.3 Å². The summed E-state index contributed by atoms with van der Waals surface area (Å²) in [5, 5.41) is 10.2. The molecule has 0 bridgehead atoms. The van der Waals surface area contributed by atoms with E-state index in [-0.39, 0.29) is 0 Å². The van der Waals surface area contributed by atoms with Gasteiger partial charge in [0.05, 0.1) is 18.2 Å². The fraction of sp³-hybridized carbons (Fsp3) is 0.167. The van der Waals surface area contributed by atoms with Crippen LogP contribution in [0, 0.1) is 18.3 Å². The Morgan fingerprint density at radius 1 is 1.50 bits per heavy atom. The minimum Gasteiger partial charge on any atom is -0.240 e. The van der Waals surface area contributed by atoms with Crippen molar-refractivity contribution >= 4 is 22.9 Å². The largest absolute Gasteiger partial charge is 0.240 e. The first-order chi connectivity index (χ1) is 7.70. The van der Waals surface area contributed by atoms with Gasteiger partial charge < -0.3 is 0 Å². The number of benzene rings is 1. The molecule has 0 unspecified atom stereocenters. The second-order valence-corrected chi connectivity index (χ2v) is 5.08. The molecular formula is C12H9ClN2S. The number of hydrogen-bond donors (Lipinski definition) is 0. The highest BCUT2D eigenvalue weighted by Gasteiger charge is 2.09. The molecule has 0 aliphatic heterocycles. The highest BCUT2D eigenvalue weighted by atomic mass is 35.5. The van der Waals surface area contributed by atoms with E-state index < -0.39 is 0 Å². The summed E-state index contributed by atoms with van der Waals surface area (Å²) in [5.41, 5.74) is 1.93. The number of nitriles is 1. The summed E-state index contributed by atoms with van der Waals surface area (Å²) in [6, 6.07) is 9.71. The molecule has 2 nitrogen and oxygen atoms in total. The summed E-state index contributed by atoms with van der Waals surface area (Å²) in [6.45, 7) is 2.01. The van der Waals surface area contributed by atoms with Gasteiger partial charge in [0.1, 0.15) is 5.01 Å². The Morgan fingerprint density at radius 2 is 2.31 bits per heavy atom. The molecule has 0 atom stereocenters. The number of thiazole rings is 1. The number of aryl methyl sites for hydroxylation is 1. The predicted octanol–water partition coefficient (Wildman–Crippen LogP) is 3.84. The van der Waals surface area contributed by atoms with Gasteiger partial charge in [0.25, 0.3) is 0 Å². The monoisotopic (exact) mass is 248 g/mol. The van der Waals surface area contributed by atoms with E-state index in [2.05, 4.69) is 11.1 Å². The zero-order valence-corrected chi connectivity index (χ0v) is 10.3. The average Bonchev–Trinajstić information content (AvgIpc) is 2.60. The molecule has 80 valence electrons. The molecule has 0 radical (unpaired) electrons. The standard InChI is InChI=1S/C12H9ClN2S/c1-8-12(15-11(16-8)5-6-14)9-3-2-4-10(13)7-9/h2-4,7H,5H2,1H3. The van der Waals surface area contributed by atoms with Crippen LogP contribution in [0.1, 0.15) is 9.88 Å². The summed E-state index contributed by atoms with van der Waals surface area (Å²) in [6.07, 6.45) is 0.367. The fourth-order valence-electron chi connectivity index (χ4n) is 1.50. The molecule has 0 spiro atoms. The van der Waals surface area contributed by atoms with Crippen LogP contribution in [0.5, 0.6) is 0 Å². The minimum absolute atomic E-state index is 0.367. The van der Waals surface area contributed by atoms with E-state index in [1.807, 2.05) is 31.2 Å². The highest BCUT2D eigenvalue weighted by Crippen LogP contribution is 2.29. The van der Waals surface area contributed by atoms with Gasteiger partial charge in [-0.3, -0.25) is 0 Å². The van der Waals surface area contributed by atoms with Crippen molar-refractivity contribution in [2.45, 2.75) is 13.3 Å². The van der Waals surface area contributed by atoms with Crippen LogP contribution in [0.25, 0.3) is 11.3 Å². The van der Waals surface area contributed by atoms with Gasteiger partial charge in [-0.05, 0) is 19.1 Å². The van der Waals surface area contributed by atoms with Crippen molar-refractivity contribution < 1.29 is 0 Å². The molecule has 16 heavy (non-hydrogen) atoms. The van der Waals surface area contributed by atoms with Gasteiger partial charge in [0.15, 0.2) is 0 Å². The van der Waals surface area contributed by atoms with Gasteiger partial charge in [0, 0.05) is 15.5 Å². The van der Waals surface area contributed by atoms with Gasteiger partial charge in [-0.2, -0.15) is 5.26 Å². The number of nitrogens with zero attached hydrogens (tertiary/aromatic N) is 2. The molecule has 1 heterocycles. The number of aromatic nitrogens is 1. The molecule has 0 saturated carbocycles. The van der Waals surface area contributed by atoms with Crippen molar-refractivity contribution in [1.29, 1.82) is 5.26 Å². The van der Waals surface area contributed by atoms with Crippen LogP contribution in [0.15, 0.2) is 24.3 Å². The third-order valence-electron chi connectivity index (χ3n) is 2.17. The van der Waals surface area contributed by atoms with Gasteiger partial charge in [-0.15, -0.1) is 11.3 Å². The van der Waals surface area contributed by atoms with E-state index >= 15 is 0 Å². The lowest BCUT2D eigenvalue weighted by molar-refractivity contribution is 1.19. The molecule has 0 aliphatic rings. The molecule has 4 heteroatoms. The average molecular weight is 249 g/mol. The first-order valence-electron chi connectivity index (χ1n) is 4.80. The lowest BCUT2D eigenvalue weighted by Crippen LogP contribution is -1.82. The molecule has 1 aromatic carbocycles. The van der Waals surface area contributed by atoms with Crippen LogP contribution < -0.4 is 0 Å². The summed E-state index contributed by atoms with van der Waals surface area (Å²) < 4.78 is 0. The first kappa shape index (κ1) is 11.1. The van der Waals surface area contributed by atoms with Gasteiger partial charge >= 0.3 is 0 Å². The number of rotatable bonds is 2. The summed E-state index contributed by atoms with van der Waals surface area (Å²) in [7, 11) is 0. The van der Waals surface area contributed by atoms with E-state index in [1.165, 1.54) is 0 Å². The van der Waals surface area contributed by atoms with E-state index in [1.54, 1.807) is 11.3 Å². The quantitative estimate of drug-likeness (QED) is 0.810. The highest BCUT2D eigenvalue weighted by molar-refractivity contribution is 7.12. The molecule has 0 fully saturated rings. The van der Waals surface area contributed by atoms with E-state index in [4.69, 9.17) is 16.9 Å². The lowest BCUT2D eigenvalue weighted by Gasteiger charge is -1.98. The Labute approximate surface area is 103 Å². The molecule has 0 saturated heterocycles. The molecule has 0 N–H and O–H groups in total. The molecule has 2 aromatic rings. The Morgan fingerprint density at radius 3 is 3.00 bits per heavy atom. The Balaban J connectivity index is 2.44. The molecule has 1 aromatic heterocycles. The Kier molecular flexibility index (Phi) is 3.23. The molecule has 2 rings (SSSR count). The Hall–Kier alpha value is -1.37. The van der Waals surface area contributed by atoms with Crippen LogP contribution >= 0.6 is 22.9 Å². The maximum absolute atomic E-state index is 8.63. The number of hydrogen-bond acceptors (Lipinski definition) is 3. The first-order valence-corrected chi connectivity index (χ1v) is 5.99. The van der Waals surface area contributed by atoms with E-state index in [0.717, 1.165) is 21.1 Å². The molecular weight excluding hydrogens is 240 g/mol. The lowest BCUT2D eigenvalue weighted by atomic mass is 10.1. The van der Waals surface area contributed by atoms with Crippen molar-refractivity contribution in [3.05, 3.63) is 39.2 Å². The van der Waals surface area contributed by atoms with Crippen LogP contribution in [-0.4, -0.2) is 4.98 Å². The van der Waals surface area contributed by atoms with Gasteiger partial charge in [-0.1, -0.05) is 23.7 Å². The maximum atomic E-state index is 8.63. The van der Waals surface area contributed by atoms with Crippen molar-refractivity contribution in [2.24, 2.45) is 0 Å². The normalized spacial score (nSPS) is 10.1. The maximum Gasteiger partial charge on any atom is 0.108 e. The zero-order valence-electron chi connectivity index (χ0n) is 8.70. The van der Waals surface area contributed by atoms with Crippen LogP contribution in [0.2, 0.25) is 5.02 Å². The summed E-state index contributed by atoms with van der Waals surface area (Å²) >= 11 is 7.50. The predicted molar refractivity (Wildman–Crippen MR) is 66.6 cm³/mol. The minimum atomic E-state index is 0.367. The smallest absolute Gasteiger partial charge is 0.108 e. The zero-order chi connectivity index (χ0) is 11.5. The van der Waals surface area contributed by atoms with Crippen LogP contribution in [-0.2, 0) is 6.42 Å².